The third-order valence-electron chi connectivity index (χ3n) is 2.36. The summed E-state index contributed by atoms with van der Waals surface area (Å²) in [6.45, 7) is 0. The maximum absolute atomic E-state index is 12.1. The van der Waals surface area contributed by atoms with Gasteiger partial charge in [0.15, 0.2) is 0 Å². The third-order valence-corrected chi connectivity index (χ3v) is 7.35. The number of thiophene rings is 2. The molecule has 17 heavy (non-hydrogen) atoms. The Morgan fingerprint density at radius 1 is 1.18 bits per heavy atom. The third kappa shape index (κ3) is 1.44. The van der Waals surface area contributed by atoms with Crippen molar-refractivity contribution < 1.29 is 18.3 Å². The summed E-state index contributed by atoms with van der Waals surface area (Å²) in [4.78, 5) is 12.4. The van der Waals surface area contributed by atoms with E-state index in [0.29, 0.717) is 9.75 Å². The summed E-state index contributed by atoms with van der Waals surface area (Å²) in [5.74, 6) is -1.10. The van der Waals surface area contributed by atoms with Gasteiger partial charge in [0.05, 0.1) is 23.3 Å². The van der Waals surface area contributed by atoms with Crippen LogP contribution >= 0.6 is 38.6 Å². The van der Waals surface area contributed by atoms with Crippen molar-refractivity contribution in [2.24, 2.45) is 0 Å². The minimum absolute atomic E-state index is 0.0498. The normalized spacial score (nSPS) is 15.6. The molecule has 0 spiro atoms. The largest absolute Gasteiger partial charge is 0.477 e. The topological polar surface area (TPSA) is 71.4 Å². The number of carboxylic acids is 1. The average molecular weight is 351 g/mol. The van der Waals surface area contributed by atoms with Crippen LogP contribution in [0.4, 0.5) is 0 Å². The molecule has 0 bridgehead atoms. The maximum atomic E-state index is 12.1. The summed E-state index contributed by atoms with van der Waals surface area (Å²) < 4.78 is 25.0. The van der Waals surface area contributed by atoms with E-state index >= 15 is 0 Å². The Kier molecular flexibility index (Phi) is 2.28. The number of hydrogen-bond donors (Lipinski definition) is 1. The summed E-state index contributed by atoms with van der Waals surface area (Å²) in [6.07, 6.45) is 0. The number of rotatable bonds is 1. The first kappa shape index (κ1) is 11.4. The number of sulfone groups is 1. The Morgan fingerprint density at radius 2 is 1.76 bits per heavy atom. The maximum Gasteiger partial charge on any atom is 0.345 e. The van der Waals surface area contributed by atoms with Gasteiger partial charge in [0, 0.05) is 0 Å². The molecule has 2 aromatic heterocycles. The fourth-order valence-corrected chi connectivity index (χ4v) is 7.02. The van der Waals surface area contributed by atoms with Gasteiger partial charge in [0.2, 0.25) is 9.84 Å². The van der Waals surface area contributed by atoms with Gasteiger partial charge in [-0.2, -0.15) is 0 Å². The molecule has 4 nitrogen and oxygen atoms in total. The Morgan fingerprint density at radius 3 is 2.41 bits per heavy atom. The number of carboxylic acid groups (broad SMARTS) is 1. The molecule has 0 saturated carbocycles. The van der Waals surface area contributed by atoms with E-state index in [0.717, 1.165) is 15.1 Å². The highest BCUT2D eigenvalue weighted by molar-refractivity contribution is 9.11. The highest BCUT2D eigenvalue weighted by atomic mass is 79.9. The Hall–Kier alpha value is -0.700. The molecule has 3 rings (SSSR count). The quantitative estimate of drug-likeness (QED) is 0.731. The van der Waals surface area contributed by atoms with E-state index in [4.69, 9.17) is 5.11 Å². The molecule has 0 atom stereocenters. The van der Waals surface area contributed by atoms with Crippen molar-refractivity contribution >= 4 is 54.4 Å². The second kappa shape index (κ2) is 3.41. The number of fused-ring (bicyclic) bond motifs is 3. The predicted octanol–water partition coefficient (Wildman–Crippen LogP) is 3.08. The van der Waals surface area contributed by atoms with Crippen LogP contribution in [0.2, 0.25) is 0 Å². The summed E-state index contributed by atoms with van der Waals surface area (Å²) in [6, 6.07) is 2.79. The van der Waals surface area contributed by atoms with E-state index in [-0.39, 0.29) is 14.7 Å². The van der Waals surface area contributed by atoms with Crippen molar-refractivity contribution in [1.82, 2.24) is 0 Å². The molecule has 0 saturated heterocycles. The molecule has 0 aromatic carbocycles. The number of carbonyl (C=O) groups is 1. The second-order valence-corrected chi connectivity index (χ2v) is 8.73. The zero-order chi connectivity index (χ0) is 12.4. The number of aromatic carboxylic acids is 1. The van der Waals surface area contributed by atoms with Crippen LogP contribution in [-0.4, -0.2) is 19.5 Å². The zero-order valence-electron chi connectivity index (χ0n) is 7.93. The van der Waals surface area contributed by atoms with Gasteiger partial charge in [-0.05, 0) is 28.1 Å². The second-order valence-electron chi connectivity index (χ2n) is 3.36. The zero-order valence-corrected chi connectivity index (χ0v) is 12.0. The van der Waals surface area contributed by atoms with Gasteiger partial charge < -0.3 is 5.11 Å². The molecule has 0 radical (unpaired) electrons. The lowest BCUT2D eigenvalue weighted by atomic mass is 10.4. The molecule has 0 amide bonds. The van der Waals surface area contributed by atoms with Crippen LogP contribution in [0.15, 0.2) is 25.7 Å². The van der Waals surface area contributed by atoms with Gasteiger partial charge >= 0.3 is 5.97 Å². The fraction of sp³-hybridized carbons (Fsp3) is 0. The molecule has 1 aliphatic rings. The highest BCUT2D eigenvalue weighted by Crippen LogP contribution is 2.52. The van der Waals surface area contributed by atoms with Crippen LogP contribution < -0.4 is 0 Å². The van der Waals surface area contributed by atoms with Gasteiger partial charge in [-0.1, -0.05) is 0 Å². The van der Waals surface area contributed by atoms with E-state index in [9.17, 15) is 13.2 Å². The predicted molar refractivity (Wildman–Crippen MR) is 67.7 cm³/mol. The molecule has 2 aromatic rings. The smallest absolute Gasteiger partial charge is 0.345 e. The molecule has 3 heterocycles. The molecule has 0 unspecified atom stereocenters. The Balaban J connectivity index is 2.38. The standard InChI is InChI=1S/C9H3BrO4S3/c10-6-2-5-8(16-6)7-4(17(5,13)14)1-3(15-7)9(11)12/h1-2H,(H,11,12). The van der Waals surface area contributed by atoms with Crippen molar-refractivity contribution in [1.29, 1.82) is 0 Å². The lowest BCUT2D eigenvalue weighted by Crippen LogP contribution is -1.96. The number of hydrogen-bond acceptors (Lipinski definition) is 5. The minimum Gasteiger partial charge on any atom is -0.477 e. The summed E-state index contributed by atoms with van der Waals surface area (Å²) in [5, 5.41) is 8.88. The van der Waals surface area contributed by atoms with E-state index < -0.39 is 15.8 Å². The number of halogens is 1. The molecular formula is C9H3BrO4S3. The molecule has 88 valence electrons. The van der Waals surface area contributed by atoms with Crippen LogP contribution in [0.5, 0.6) is 0 Å². The van der Waals surface area contributed by atoms with Crippen molar-refractivity contribution in [2.75, 3.05) is 0 Å². The van der Waals surface area contributed by atoms with Gasteiger partial charge in [0.25, 0.3) is 0 Å². The summed E-state index contributed by atoms with van der Waals surface area (Å²) in [5.41, 5.74) is 0. The molecule has 1 aliphatic heterocycles. The van der Waals surface area contributed by atoms with Gasteiger partial charge in [-0.3, -0.25) is 0 Å². The van der Waals surface area contributed by atoms with Gasteiger partial charge in [-0.15, -0.1) is 22.7 Å². The van der Waals surface area contributed by atoms with E-state index in [1.165, 1.54) is 17.4 Å². The highest BCUT2D eigenvalue weighted by Gasteiger charge is 2.38. The van der Waals surface area contributed by atoms with Crippen molar-refractivity contribution in [3.63, 3.8) is 0 Å². The van der Waals surface area contributed by atoms with E-state index in [1.54, 1.807) is 6.07 Å². The molecule has 1 N–H and O–H groups in total. The Labute approximate surface area is 113 Å². The summed E-state index contributed by atoms with van der Waals surface area (Å²) in [7, 11) is -3.53. The van der Waals surface area contributed by atoms with Crippen LogP contribution in [0, 0.1) is 0 Å². The van der Waals surface area contributed by atoms with Gasteiger partial charge in [-0.25, -0.2) is 13.2 Å². The van der Waals surface area contributed by atoms with Crippen LogP contribution in [0.25, 0.3) is 9.75 Å². The lowest BCUT2D eigenvalue weighted by molar-refractivity contribution is 0.0702. The van der Waals surface area contributed by atoms with Crippen LogP contribution in [-0.2, 0) is 9.84 Å². The monoisotopic (exact) mass is 350 g/mol. The van der Waals surface area contributed by atoms with Crippen LogP contribution in [0.1, 0.15) is 9.67 Å². The Bertz CT molecular complexity index is 753. The lowest BCUT2D eigenvalue weighted by Gasteiger charge is -1.92. The summed E-state index contributed by atoms with van der Waals surface area (Å²) >= 11 is 5.54. The first-order valence-corrected chi connectivity index (χ1v) is 8.24. The van der Waals surface area contributed by atoms with Crippen molar-refractivity contribution in [3.05, 3.63) is 20.8 Å². The van der Waals surface area contributed by atoms with Gasteiger partial charge in [0.1, 0.15) is 4.88 Å². The first-order valence-electron chi connectivity index (χ1n) is 4.33. The SMILES string of the molecule is O=C(O)c1cc2c(s1)-c1sc(Br)cc1S2(=O)=O. The van der Waals surface area contributed by atoms with Crippen molar-refractivity contribution in [3.8, 4) is 9.75 Å². The minimum atomic E-state index is -3.53. The fourth-order valence-electron chi connectivity index (χ4n) is 1.66. The van der Waals surface area contributed by atoms with Crippen LogP contribution in [0.3, 0.4) is 0 Å². The molecule has 0 fully saturated rings. The van der Waals surface area contributed by atoms with E-state index in [2.05, 4.69) is 15.9 Å². The first-order chi connectivity index (χ1) is 7.91. The molecule has 8 heteroatoms. The molecule has 0 aliphatic carbocycles. The van der Waals surface area contributed by atoms with Crippen molar-refractivity contribution in [2.45, 2.75) is 9.79 Å². The molecular weight excluding hydrogens is 348 g/mol. The van der Waals surface area contributed by atoms with E-state index in [1.807, 2.05) is 0 Å². The average Bonchev–Trinajstić information content (AvgIpc) is 2.83.